The number of para-hydroxylation sites is 1. The predicted molar refractivity (Wildman–Crippen MR) is 109 cm³/mol. The molecule has 1 aliphatic heterocycles. The molecular weight excluding hydrogens is 350 g/mol. The standard InChI is InChI=1S/C20H23N3O2.ClH/c1-21-20-14-5-3-4-6-16(14)23-17-10-19(18(24-2)9-15(17)20)25-12-13-7-8-22-11-13;/h3-6,9-10,13,22H,7-8,11-12H2,1-2H3,(H,21,23);1H. The normalized spacial score (nSPS) is 16.5. The summed E-state index contributed by atoms with van der Waals surface area (Å²) in [7, 11) is 3.61. The van der Waals surface area contributed by atoms with Crippen LogP contribution in [0.5, 0.6) is 11.5 Å². The van der Waals surface area contributed by atoms with Crippen molar-refractivity contribution in [2.24, 2.45) is 5.92 Å². The van der Waals surface area contributed by atoms with Crippen LogP contribution in [0.1, 0.15) is 6.42 Å². The number of anilines is 1. The molecule has 3 aromatic rings. The van der Waals surface area contributed by atoms with Gasteiger partial charge in [0.1, 0.15) is 0 Å². The van der Waals surface area contributed by atoms with E-state index in [1.54, 1.807) is 7.11 Å². The number of hydrogen-bond donors (Lipinski definition) is 2. The number of halogens is 1. The Hall–Kier alpha value is -2.24. The zero-order chi connectivity index (χ0) is 17.2. The number of methoxy groups -OCH3 is 1. The molecule has 1 atom stereocenters. The number of fused-ring (bicyclic) bond motifs is 2. The molecule has 0 amide bonds. The summed E-state index contributed by atoms with van der Waals surface area (Å²) in [5, 5.41) is 8.82. The average molecular weight is 374 g/mol. The maximum Gasteiger partial charge on any atom is 0.163 e. The zero-order valence-electron chi connectivity index (χ0n) is 15.0. The van der Waals surface area contributed by atoms with E-state index in [0.717, 1.165) is 58.5 Å². The Balaban J connectivity index is 0.00000196. The van der Waals surface area contributed by atoms with Crippen LogP contribution in [0, 0.1) is 5.92 Å². The largest absolute Gasteiger partial charge is 0.493 e. The lowest BCUT2D eigenvalue weighted by molar-refractivity contribution is 0.248. The average Bonchev–Trinajstić information content (AvgIpc) is 3.17. The molecule has 1 fully saturated rings. The van der Waals surface area contributed by atoms with Crippen molar-refractivity contribution in [2.75, 3.05) is 39.2 Å². The number of nitrogens with one attached hydrogen (secondary N) is 2. The molecule has 2 aromatic carbocycles. The SMILES string of the molecule is CNc1c2ccccc2nc2cc(OCC3CCNC3)c(OC)cc12.Cl. The summed E-state index contributed by atoms with van der Waals surface area (Å²) in [5.41, 5.74) is 2.93. The first-order valence-corrected chi connectivity index (χ1v) is 8.72. The lowest BCUT2D eigenvalue weighted by Crippen LogP contribution is -2.15. The van der Waals surface area contributed by atoms with Gasteiger partial charge in [0, 0.05) is 36.3 Å². The van der Waals surface area contributed by atoms with Crippen LogP contribution in [0.25, 0.3) is 21.8 Å². The highest BCUT2D eigenvalue weighted by Gasteiger charge is 2.18. The number of hydrogen-bond acceptors (Lipinski definition) is 5. The Morgan fingerprint density at radius 1 is 1.15 bits per heavy atom. The lowest BCUT2D eigenvalue weighted by Gasteiger charge is -2.16. The third kappa shape index (κ3) is 3.37. The Morgan fingerprint density at radius 2 is 2.00 bits per heavy atom. The first-order chi connectivity index (χ1) is 12.3. The van der Waals surface area contributed by atoms with Crippen LogP contribution < -0.4 is 20.1 Å². The van der Waals surface area contributed by atoms with Crippen molar-refractivity contribution in [1.82, 2.24) is 10.3 Å². The van der Waals surface area contributed by atoms with Crippen LogP contribution in [0.15, 0.2) is 36.4 Å². The van der Waals surface area contributed by atoms with E-state index < -0.39 is 0 Å². The molecule has 4 rings (SSSR count). The molecule has 1 unspecified atom stereocenters. The van der Waals surface area contributed by atoms with E-state index in [2.05, 4.69) is 16.7 Å². The monoisotopic (exact) mass is 373 g/mol. The van der Waals surface area contributed by atoms with Crippen molar-refractivity contribution in [1.29, 1.82) is 0 Å². The molecule has 0 bridgehead atoms. The van der Waals surface area contributed by atoms with Crippen LogP contribution in [0.4, 0.5) is 5.69 Å². The smallest absolute Gasteiger partial charge is 0.163 e. The second-order valence-corrected chi connectivity index (χ2v) is 6.44. The minimum atomic E-state index is 0. The van der Waals surface area contributed by atoms with Crippen molar-refractivity contribution in [2.45, 2.75) is 6.42 Å². The van der Waals surface area contributed by atoms with Gasteiger partial charge in [0.2, 0.25) is 0 Å². The molecular formula is C20H24ClN3O2. The van der Waals surface area contributed by atoms with E-state index in [9.17, 15) is 0 Å². The van der Waals surface area contributed by atoms with Gasteiger partial charge < -0.3 is 20.1 Å². The number of benzene rings is 2. The third-order valence-corrected chi connectivity index (χ3v) is 4.85. The Labute approximate surface area is 159 Å². The topological polar surface area (TPSA) is 55.4 Å². The van der Waals surface area contributed by atoms with Crippen LogP contribution in [-0.2, 0) is 0 Å². The molecule has 0 saturated carbocycles. The van der Waals surface area contributed by atoms with E-state index >= 15 is 0 Å². The van der Waals surface area contributed by atoms with Crippen LogP contribution in [0.3, 0.4) is 0 Å². The Morgan fingerprint density at radius 3 is 2.73 bits per heavy atom. The molecule has 26 heavy (non-hydrogen) atoms. The quantitative estimate of drug-likeness (QED) is 0.665. The van der Waals surface area contributed by atoms with Gasteiger partial charge in [0.25, 0.3) is 0 Å². The van der Waals surface area contributed by atoms with E-state index in [1.165, 1.54) is 0 Å². The molecule has 6 heteroatoms. The zero-order valence-corrected chi connectivity index (χ0v) is 15.9. The van der Waals surface area contributed by atoms with Gasteiger partial charge in [-0.2, -0.15) is 0 Å². The Bertz CT molecular complexity index is 910. The molecule has 0 aliphatic carbocycles. The summed E-state index contributed by atoms with van der Waals surface area (Å²) in [5.74, 6) is 2.05. The fourth-order valence-electron chi connectivity index (χ4n) is 3.51. The molecule has 5 nitrogen and oxygen atoms in total. The molecule has 1 aromatic heterocycles. The van der Waals surface area contributed by atoms with Gasteiger partial charge >= 0.3 is 0 Å². The maximum atomic E-state index is 6.08. The van der Waals surface area contributed by atoms with E-state index in [1.807, 2.05) is 37.4 Å². The number of ether oxygens (including phenoxy) is 2. The van der Waals surface area contributed by atoms with Crippen molar-refractivity contribution in [3.8, 4) is 11.5 Å². The van der Waals surface area contributed by atoms with Crippen molar-refractivity contribution >= 4 is 39.9 Å². The summed E-state index contributed by atoms with van der Waals surface area (Å²) in [6.45, 7) is 2.78. The van der Waals surface area contributed by atoms with Gasteiger partial charge in [-0.1, -0.05) is 18.2 Å². The van der Waals surface area contributed by atoms with Crippen LogP contribution in [0.2, 0.25) is 0 Å². The highest BCUT2D eigenvalue weighted by Crippen LogP contribution is 2.38. The van der Waals surface area contributed by atoms with E-state index in [0.29, 0.717) is 12.5 Å². The number of aromatic nitrogens is 1. The minimum Gasteiger partial charge on any atom is -0.493 e. The third-order valence-electron chi connectivity index (χ3n) is 4.85. The van der Waals surface area contributed by atoms with E-state index in [4.69, 9.17) is 14.5 Å². The Kier molecular flexibility index (Phi) is 5.69. The highest BCUT2D eigenvalue weighted by atomic mass is 35.5. The molecule has 2 N–H and O–H groups in total. The summed E-state index contributed by atoms with van der Waals surface area (Å²) in [6.07, 6.45) is 1.16. The number of nitrogens with zero attached hydrogens (tertiary/aromatic N) is 1. The maximum absolute atomic E-state index is 6.08. The van der Waals surface area contributed by atoms with Crippen molar-refractivity contribution < 1.29 is 9.47 Å². The van der Waals surface area contributed by atoms with Crippen LogP contribution >= 0.6 is 12.4 Å². The first-order valence-electron chi connectivity index (χ1n) is 8.72. The van der Waals surface area contributed by atoms with Crippen LogP contribution in [-0.4, -0.2) is 38.8 Å². The lowest BCUT2D eigenvalue weighted by atomic mass is 10.1. The molecule has 0 radical (unpaired) electrons. The summed E-state index contributed by atoms with van der Waals surface area (Å²) in [4.78, 5) is 4.81. The van der Waals surface area contributed by atoms with Gasteiger partial charge in [-0.15, -0.1) is 12.4 Å². The van der Waals surface area contributed by atoms with Gasteiger partial charge in [-0.3, -0.25) is 0 Å². The van der Waals surface area contributed by atoms with E-state index in [-0.39, 0.29) is 12.4 Å². The molecule has 1 saturated heterocycles. The number of pyridine rings is 1. The van der Waals surface area contributed by atoms with Crippen molar-refractivity contribution in [3.63, 3.8) is 0 Å². The predicted octanol–water partition coefficient (Wildman–Crippen LogP) is 3.85. The highest BCUT2D eigenvalue weighted by molar-refractivity contribution is 6.08. The fraction of sp³-hybridized carbons (Fsp3) is 0.350. The summed E-state index contributed by atoms with van der Waals surface area (Å²) in [6, 6.07) is 12.2. The molecule has 2 heterocycles. The van der Waals surface area contributed by atoms with Gasteiger partial charge in [-0.05, 0) is 25.1 Å². The second-order valence-electron chi connectivity index (χ2n) is 6.44. The van der Waals surface area contributed by atoms with Crippen molar-refractivity contribution in [3.05, 3.63) is 36.4 Å². The second kappa shape index (κ2) is 7.98. The molecule has 138 valence electrons. The van der Waals surface area contributed by atoms with Gasteiger partial charge in [0.05, 0.1) is 30.4 Å². The van der Waals surface area contributed by atoms with Gasteiger partial charge in [0.15, 0.2) is 11.5 Å². The number of rotatable bonds is 5. The molecule has 0 spiro atoms. The summed E-state index contributed by atoms with van der Waals surface area (Å²) < 4.78 is 11.7. The minimum absolute atomic E-state index is 0. The first kappa shape index (κ1) is 18.5. The molecule has 1 aliphatic rings. The van der Waals surface area contributed by atoms with Gasteiger partial charge in [-0.25, -0.2) is 4.98 Å². The fourth-order valence-corrected chi connectivity index (χ4v) is 3.51. The summed E-state index contributed by atoms with van der Waals surface area (Å²) >= 11 is 0.